The van der Waals surface area contributed by atoms with Crippen LogP contribution in [-0.4, -0.2) is 40.5 Å². The molecule has 21 heavy (non-hydrogen) atoms. The van der Waals surface area contributed by atoms with Crippen molar-refractivity contribution in [3.8, 4) is 0 Å². The summed E-state index contributed by atoms with van der Waals surface area (Å²) < 4.78 is 1.68. The summed E-state index contributed by atoms with van der Waals surface area (Å²) in [4.78, 5) is 4.20. The lowest BCUT2D eigenvalue weighted by molar-refractivity contribution is 0.0616. The fraction of sp³-hybridized carbons (Fsp3) is 0.714. The van der Waals surface area contributed by atoms with Crippen LogP contribution in [0.15, 0.2) is 17.4 Å². The summed E-state index contributed by atoms with van der Waals surface area (Å²) in [6.45, 7) is 6.60. The van der Waals surface area contributed by atoms with Gasteiger partial charge >= 0.3 is 0 Å². The molecule has 0 bridgehead atoms. The fourth-order valence-corrected chi connectivity index (χ4v) is 2.13. The predicted molar refractivity (Wildman–Crippen MR) is 94.9 cm³/mol. The van der Waals surface area contributed by atoms with Crippen molar-refractivity contribution < 1.29 is 5.11 Å². The number of nitrogens with one attached hydrogen (secondary N) is 2. The van der Waals surface area contributed by atoms with Crippen LogP contribution in [0.2, 0.25) is 0 Å². The number of guanidine groups is 1. The Morgan fingerprint density at radius 2 is 2.24 bits per heavy atom. The fourth-order valence-electron chi connectivity index (χ4n) is 2.13. The standard InChI is InChI=1S/C14H25N5O.HI/c1-13(2)6-11(13)18-12(15-4)16-9-14(3,20)10-7-17-19(5)8-10;/h7-8,11,20H,6,9H2,1-5H3,(H2,15,16,18);1H. The number of hydrogen-bond acceptors (Lipinski definition) is 3. The lowest BCUT2D eigenvalue weighted by Gasteiger charge is -2.24. The quantitative estimate of drug-likeness (QED) is 0.399. The van der Waals surface area contributed by atoms with Gasteiger partial charge in [0.15, 0.2) is 5.96 Å². The van der Waals surface area contributed by atoms with Crippen molar-refractivity contribution in [1.82, 2.24) is 20.4 Å². The molecule has 1 aromatic rings. The Morgan fingerprint density at radius 3 is 2.67 bits per heavy atom. The number of aliphatic imine (C=N–C) groups is 1. The zero-order valence-electron chi connectivity index (χ0n) is 13.3. The van der Waals surface area contributed by atoms with Crippen LogP contribution in [0.25, 0.3) is 0 Å². The Labute approximate surface area is 143 Å². The Bertz CT molecular complexity index is 509. The second-order valence-corrected chi connectivity index (χ2v) is 6.49. The van der Waals surface area contributed by atoms with Crippen LogP contribution in [-0.2, 0) is 12.6 Å². The van der Waals surface area contributed by atoms with Crippen LogP contribution in [0.1, 0.15) is 32.8 Å². The van der Waals surface area contributed by atoms with Gasteiger partial charge in [-0.1, -0.05) is 13.8 Å². The maximum absolute atomic E-state index is 10.5. The summed E-state index contributed by atoms with van der Waals surface area (Å²) in [5.41, 5.74) is 0.142. The number of aliphatic hydroxyl groups is 1. The van der Waals surface area contributed by atoms with E-state index in [9.17, 15) is 5.11 Å². The van der Waals surface area contributed by atoms with Crippen LogP contribution < -0.4 is 10.6 Å². The van der Waals surface area contributed by atoms with Crippen LogP contribution in [0.3, 0.4) is 0 Å². The number of hydrogen-bond donors (Lipinski definition) is 3. The van der Waals surface area contributed by atoms with E-state index in [1.54, 1.807) is 24.9 Å². The molecule has 120 valence electrons. The van der Waals surface area contributed by atoms with Crippen molar-refractivity contribution in [2.75, 3.05) is 13.6 Å². The molecule has 1 aliphatic carbocycles. The van der Waals surface area contributed by atoms with Gasteiger partial charge in [0.1, 0.15) is 5.60 Å². The average Bonchev–Trinajstić information content (AvgIpc) is 2.74. The van der Waals surface area contributed by atoms with E-state index >= 15 is 0 Å². The minimum atomic E-state index is -0.981. The first-order valence-corrected chi connectivity index (χ1v) is 6.93. The molecule has 3 N–H and O–H groups in total. The second-order valence-electron chi connectivity index (χ2n) is 6.49. The third-order valence-electron chi connectivity index (χ3n) is 3.97. The predicted octanol–water partition coefficient (Wildman–Crippen LogP) is 1.21. The highest BCUT2D eigenvalue weighted by molar-refractivity contribution is 14.0. The topological polar surface area (TPSA) is 74.5 Å². The van der Waals surface area contributed by atoms with Crippen LogP contribution in [0.5, 0.6) is 0 Å². The first-order chi connectivity index (χ1) is 9.24. The molecule has 0 amide bonds. The normalized spacial score (nSPS) is 23.0. The van der Waals surface area contributed by atoms with Gasteiger partial charge in [-0.25, -0.2) is 0 Å². The highest BCUT2D eigenvalue weighted by Gasteiger charge is 2.46. The molecule has 1 fully saturated rings. The van der Waals surface area contributed by atoms with E-state index in [2.05, 4.69) is 34.6 Å². The van der Waals surface area contributed by atoms with Crippen molar-refractivity contribution in [3.05, 3.63) is 18.0 Å². The summed E-state index contributed by atoms with van der Waals surface area (Å²) >= 11 is 0. The Morgan fingerprint density at radius 1 is 1.62 bits per heavy atom. The minimum Gasteiger partial charge on any atom is -0.383 e. The van der Waals surface area contributed by atoms with Crippen LogP contribution in [0.4, 0.5) is 0 Å². The Hall–Kier alpha value is -0.830. The number of rotatable bonds is 4. The first kappa shape index (κ1) is 18.2. The molecule has 2 unspecified atom stereocenters. The van der Waals surface area contributed by atoms with Crippen molar-refractivity contribution in [3.63, 3.8) is 0 Å². The summed E-state index contributed by atoms with van der Waals surface area (Å²) in [5.74, 6) is 0.727. The average molecular weight is 407 g/mol. The summed E-state index contributed by atoms with van der Waals surface area (Å²) in [6.07, 6.45) is 4.65. The van der Waals surface area contributed by atoms with Gasteiger partial charge in [-0.3, -0.25) is 9.67 Å². The molecular formula is C14H26IN5O. The zero-order chi connectivity index (χ0) is 15.0. The molecular weight excluding hydrogens is 381 g/mol. The number of aromatic nitrogens is 2. The molecule has 2 rings (SSSR count). The van der Waals surface area contributed by atoms with E-state index in [-0.39, 0.29) is 24.0 Å². The van der Waals surface area contributed by atoms with Crippen molar-refractivity contribution in [1.29, 1.82) is 0 Å². The highest BCUT2D eigenvalue weighted by Crippen LogP contribution is 2.44. The molecule has 0 saturated heterocycles. The van der Waals surface area contributed by atoms with E-state index in [4.69, 9.17) is 0 Å². The molecule has 0 aromatic carbocycles. The van der Waals surface area contributed by atoms with Gasteiger partial charge in [0.2, 0.25) is 0 Å². The maximum atomic E-state index is 10.5. The lowest BCUT2D eigenvalue weighted by Crippen LogP contribution is -2.45. The molecule has 1 heterocycles. The number of aryl methyl sites for hydroxylation is 1. The molecule has 6 nitrogen and oxygen atoms in total. The van der Waals surface area contributed by atoms with Gasteiger partial charge in [-0.15, -0.1) is 24.0 Å². The molecule has 7 heteroatoms. The Kier molecular flexibility index (Phi) is 5.65. The van der Waals surface area contributed by atoms with Gasteiger partial charge < -0.3 is 15.7 Å². The van der Waals surface area contributed by atoms with E-state index in [1.165, 1.54) is 0 Å². The maximum Gasteiger partial charge on any atom is 0.191 e. The van der Waals surface area contributed by atoms with Crippen LogP contribution in [0, 0.1) is 5.41 Å². The van der Waals surface area contributed by atoms with Crippen LogP contribution >= 0.6 is 24.0 Å². The zero-order valence-corrected chi connectivity index (χ0v) is 15.7. The van der Waals surface area contributed by atoms with E-state index in [1.807, 2.05) is 13.2 Å². The molecule has 1 saturated carbocycles. The second kappa shape index (κ2) is 6.51. The summed E-state index contributed by atoms with van der Waals surface area (Å²) in [7, 11) is 3.58. The number of nitrogens with zero attached hydrogens (tertiary/aromatic N) is 3. The summed E-state index contributed by atoms with van der Waals surface area (Å²) in [5, 5.41) is 21.1. The van der Waals surface area contributed by atoms with Crippen molar-refractivity contribution >= 4 is 29.9 Å². The van der Waals surface area contributed by atoms with Gasteiger partial charge in [-0.05, 0) is 18.8 Å². The van der Waals surface area contributed by atoms with Gasteiger partial charge in [0.05, 0.1) is 12.7 Å². The molecule has 0 aliphatic heterocycles. The minimum absolute atomic E-state index is 0. The largest absolute Gasteiger partial charge is 0.383 e. The van der Waals surface area contributed by atoms with E-state index < -0.39 is 5.60 Å². The first-order valence-electron chi connectivity index (χ1n) is 6.93. The van der Waals surface area contributed by atoms with Gasteiger partial charge in [0.25, 0.3) is 0 Å². The van der Waals surface area contributed by atoms with E-state index in [0.717, 1.165) is 17.9 Å². The highest BCUT2D eigenvalue weighted by atomic mass is 127. The lowest BCUT2D eigenvalue weighted by atomic mass is 10.00. The molecule has 0 radical (unpaired) electrons. The smallest absolute Gasteiger partial charge is 0.191 e. The van der Waals surface area contributed by atoms with Gasteiger partial charge in [-0.2, -0.15) is 5.10 Å². The monoisotopic (exact) mass is 407 g/mol. The summed E-state index contributed by atoms with van der Waals surface area (Å²) in [6, 6.07) is 0.456. The van der Waals surface area contributed by atoms with Crippen molar-refractivity contribution in [2.45, 2.75) is 38.8 Å². The Balaban J connectivity index is 0.00000220. The molecule has 1 aliphatic rings. The molecule has 0 spiro atoms. The van der Waals surface area contributed by atoms with Crippen molar-refractivity contribution in [2.24, 2.45) is 17.5 Å². The van der Waals surface area contributed by atoms with E-state index in [0.29, 0.717) is 18.0 Å². The third kappa shape index (κ3) is 4.57. The molecule has 1 aromatic heterocycles. The third-order valence-corrected chi connectivity index (χ3v) is 3.97. The number of halogens is 1. The van der Waals surface area contributed by atoms with Gasteiger partial charge in [0, 0.05) is 31.9 Å². The SMILES string of the molecule is CN=C(NCC(C)(O)c1cnn(C)c1)NC1CC1(C)C.I. The molecule has 2 atom stereocenters.